The zero-order chi connectivity index (χ0) is 14.8. The number of hydrogen-bond donors (Lipinski definition) is 2. The molecule has 4 heteroatoms. The zero-order valence-corrected chi connectivity index (χ0v) is 11.8. The summed E-state index contributed by atoms with van der Waals surface area (Å²) in [4.78, 5) is 15.4. The molecule has 2 radical (unpaired) electrons. The summed E-state index contributed by atoms with van der Waals surface area (Å²) in [5, 5.41) is 4.01. The molecule has 3 rings (SSSR count). The second-order valence-electron chi connectivity index (χ2n) is 5.13. The molecule has 1 aromatic heterocycles. The Morgan fingerprint density at radius 3 is 2.57 bits per heavy atom. The van der Waals surface area contributed by atoms with Gasteiger partial charge < -0.3 is 10.3 Å². The number of amides is 1. The Morgan fingerprint density at radius 1 is 1.14 bits per heavy atom. The van der Waals surface area contributed by atoms with Gasteiger partial charge in [-0.05, 0) is 24.6 Å². The van der Waals surface area contributed by atoms with Gasteiger partial charge in [-0.25, -0.2) is 0 Å². The number of para-hydroxylation sites is 1. The van der Waals surface area contributed by atoms with Crippen molar-refractivity contribution < 1.29 is 4.79 Å². The first kappa shape index (κ1) is 13.5. The molecule has 0 saturated heterocycles. The number of carbonyl (C=O) groups is 1. The molecule has 21 heavy (non-hydrogen) atoms. The number of hydrogen-bond acceptors (Lipinski definition) is 1. The van der Waals surface area contributed by atoms with E-state index in [4.69, 9.17) is 7.85 Å². The number of aromatic amines is 1. The standard InChI is InChI=1S/C17H15BN2O/c1-11(12-6-8-14(18)9-7-12)19-17(21)16-10-13-4-2-3-5-15(13)20-16/h2-11,20H,1H3,(H,19,21)/t11-/m1/s1. The van der Waals surface area contributed by atoms with E-state index in [0.29, 0.717) is 11.2 Å². The molecule has 0 unspecified atom stereocenters. The first-order valence-electron chi connectivity index (χ1n) is 6.87. The van der Waals surface area contributed by atoms with Crippen LogP contribution in [0.15, 0.2) is 54.6 Å². The van der Waals surface area contributed by atoms with Crippen LogP contribution in [-0.2, 0) is 0 Å². The molecule has 0 aliphatic carbocycles. The molecule has 0 aliphatic heterocycles. The molecular formula is C17H15BN2O. The lowest BCUT2D eigenvalue weighted by atomic mass is 9.94. The van der Waals surface area contributed by atoms with Gasteiger partial charge in [-0.15, -0.1) is 0 Å². The topological polar surface area (TPSA) is 44.9 Å². The summed E-state index contributed by atoms with van der Waals surface area (Å²) >= 11 is 0. The van der Waals surface area contributed by atoms with Crippen LogP contribution in [0, 0.1) is 0 Å². The lowest BCUT2D eigenvalue weighted by Crippen LogP contribution is -2.27. The van der Waals surface area contributed by atoms with Gasteiger partial charge in [-0.3, -0.25) is 4.79 Å². The van der Waals surface area contributed by atoms with Crippen LogP contribution < -0.4 is 10.8 Å². The summed E-state index contributed by atoms with van der Waals surface area (Å²) in [6.07, 6.45) is 0. The maximum absolute atomic E-state index is 12.3. The molecule has 2 aromatic carbocycles. The minimum Gasteiger partial charge on any atom is -0.351 e. The maximum Gasteiger partial charge on any atom is 0.268 e. The van der Waals surface area contributed by atoms with E-state index in [1.54, 1.807) is 0 Å². The van der Waals surface area contributed by atoms with Gasteiger partial charge in [0.05, 0.1) is 6.04 Å². The van der Waals surface area contributed by atoms with Gasteiger partial charge in [0.25, 0.3) is 5.91 Å². The van der Waals surface area contributed by atoms with Gasteiger partial charge in [0.2, 0.25) is 0 Å². The molecule has 1 atom stereocenters. The van der Waals surface area contributed by atoms with Crippen LogP contribution in [0.5, 0.6) is 0 Å². The minimum absolute atomic E-state index is 0.0792. The third-order valence-corrected chi connectivity index (χ3v) is 3.56. The third kappa shape index (κ3) is 2.84. The summed E-state index contributed by atoms with van der Waals surface area (Å²) in [6, 6.07) is 17.1. The number of fused-ring (bicyclic) bond motifs is 1. The van der Waals surface area contributed by atoms with Crippen molar-refractivity contribution in [1.82, 2.24) is 10.3 Å². The Bertz CT molecular complexity index is 744. The molecule has 2 N–H and O–H groups in total. The normalized spacial score (nSPS) is 12.2. The fraction of sp³-hybridized carbons (Fsp3) is 0.118. The Kier molecular flexibility index (Phi) is 3.52. The quantitative estimate of drug-likeness (QED) is 0.708. The monoisotopic (exact) mass is 274 g/mol. The number of nitrogens with one attached hydrogen (secondary N) is 2. The predicted octanol–water partition coefficient (Wildman–Crippen LogP) is 2.45. The van der Waals surface area contributed by atoms with Gasteiger partial charge in [-0.1, -0.05) is 47.9 Å². The summed E-state index contributed by atoms with van der Waals surface area (Å²) in [5.41, 5.74) is 3.27. The van der Waals surface area contributed by atoms with Gasteiger partial charge in [0.15, 0.2) is 0 Å². The van der Waals surface area contributed by atoms with Crippen molar-refractivity contribution in [3.8, 4) is 0 Å². The second-order valence-corrected chi connectivity index (χ2v) is 5.13. The van der Waals surface area contributed by atoms with Crippen molar-refractivity contribution in [1.29, 1.82) is 0 Å². The van der Waals surface area contributed by atoms with Crippen molar-refractivity contribution in [2.45, 2.75) is 13.0 Å². The number of aromatic nitrogens is 1. The highest BCUT2D eigenvalue weighted by atomic mass is 16.1. The van der Waals surface area contributed by atoms with Gasteiger partial charge in [0.1, 0.15) is 13.5 Å². The van der Waals surface area contributed by atoms with Crippen molar-refractivity contribution in [3.63, 3.8) is 0 Å². The first-order chi connectivity index (χ1) is 10.1. The largest absolute Gasteiger partial charge is 0.351 e. The van der Waals surface area contributed by atoms with E-state index in [1.807, 2.05) is 61.5 Å². The fourth-order valence-corrected chi connectivity index (χ4v) is 2.34. The van der Waals surface area contributed by atoms with Crippen LogP contribution in [-0.4, -0.2) is 18.7 Å². The predicted molar refractivity (Wildman–Crippen MR) is 86.0 cm³/mol. The molecule has 3 nitrogen and oxygen atoms in total. The van der Waals surface area contributed by atoms with Crippen molar-refractivity contribution in [3.05, 3.63) is 65.9 Å². The highest BCUT2D eigenvalue weighted by Gasteiger charge is 2.13. The van der Waals surface area contributed by atoms with E-state index in [9.17, 15) is 4.79 Å². The Hall–Kier alpha value is -2.49. The van der Waals surface area contributed by atoms with E-state index < -0.39 is 0 Å². The Balaban J connectivity index is 1.77. The van der Waals surface area contributed by atoms with E-state index >= 15 is 0 Å². The highest BCUT2D eigenvalue weighted by Crippen LogP contribution is 2.16. The lowest BCUT2D eigenvalue weighted by molar-refractivity contribution is 0.0935. The number of rotatable bonds is 3. The molecule has 0 aliphatic rings. The molecule has 1 amide bonds. The number of H-pyrrole nitrogens is 1. The van der Waals surface area contributed by atoms with Crippen LogP contribution in [0.4, 0.5) is 0 Å². The molecule has 1 heterocycles. The van der Waals surface area contributed by atoms with E-state index in [-0.39, 0.29) is 11.9 Å². The summed E-state index contributed by atoms with van der Waals surface area (Å²) in [7, 11) is 5.67. The lowest BCUT2D eigenvalue weighted by Gasteiger charge is -2.14. The summed E-state index contributed by atoms with van der Waals surface area (Å²) < 4.78 is 0. The van der Waals surface area contributed by atoms with Crippen LogP contribution in [0.2, 0.25) is 0 Å². The summed E-state index contributed by atoms with van der Waals surface area (Å²) in [6.45, 7) is 1.95. The van der Waals surface area contributed by atoms with Gasteiger partial charge in [-0.2, -0.15) is 0 Å². The molecule has 0 bridgehead atoms. The van der Waals surface area contributed by atoms with Crippen LogP contribution >= 0.6 is 0 Å². The molecule has 3 aromatic rings. The average Bonchev–Trinajstić information content (AvgIpc) is 2.92. The highest BCUT2D eigenvalue weighted by molar-refractivity contribution is 6.32. The molecule has 0 saturated carbocycles. The Labute approximate surface area is 124 Å². The summed E-state index contributed by atoms with van der Waals surface area (Å²) in [5.74, 6) is -0.115. The zero-order valence-electron chi connectivity index (χ0n) is 11.8. The van der Waals surface area contributed by atoms with Crippen LogP contribution in [0.3, 0.4) is 0 Å². The molecule has 0 spiro atoms. The Morgan fingerprint density at radius 2 is 1.86 bits per heavy atom. The maximum atomic E-state index is 12.3. The van der Waals surface area contributed by atoms with Crippen molar-refractivity contribution >= 4 is 30.1 Å². The fourth-order valence-electron chi connectivity index (χ4n) is 2.34. The van der Waals surface area contributed by atoms with E-state index in [0.717, 1.165) is 16.5 Å². The van der Waals surface area contributed by atoms with Crippen LogP contribution in [0.1, 0.15) is 29.0 Å². The number of carbonyl (C=O) groups excluding carboxylic acids is 1. The molecular weight excluding hydrogens is 259 g/mol. The SMILES string of the molecule is [B]c1ccc([C@@H](C)NC(=O)c2cc3ccccc3[nH]2)cc1. The van der Waals surface area contributed by atoms with Crippen molar-refractivity contribution in [2.75, 3.05) is 0 Å². The van der Waals surface area contributed by atoms with E-state index in [2.05, 4.69) is 10.3 Å². The second kappa shape index (κ2) is 5.48. The van der Waals surface area contributed by atoms with Crippen LogP contribution in [0.25, 0.3) is 10.9 Å². The van der Waals surface area contributed by atoms with Gasteiger partial charge >= 0.3 is 0 Å². The number of benzene rings is 2. The minimum atomic E-state index is -0.115. The van der Waals surface area contributed by atoms with Gasteiger partial charge in [0, 0.05) is 10.9 Å². The van der Waals surface area contributed by atoms with E-state index in [1.165, 1.54) is 0 Å². The smallest absolute Gasteiger partial charge is 0.268 e. The first-order valence-corrected chi connectivity index (χ1v) is 6.87. The molecule has 0 fully saturated rings. The van der Waals surface area contributed by atoms with Crippen molar-refractivity contribution in [2.24, 2.45) is 0 Å². The molecule has 102 valence electrons. The average molecular weight is 274 g/mol. The third-order valence-electron chi connectivity index (χ3n) is 3.56.